The fraction of sp³-hybridized carbons (Fsp3) is 0.333. The third kappa shape index (κ3) is 4.21. The quantitative estimate of drug-likeness (QED) is 0.592. The number of nitrogens with one attached hydrogen (secondary N) is 1. The van der Waals surface area contributed by atoms with E-state index < -0.39 is 17.8 Å². The fourth-order valence-corrected chi connectivity index (χ4v) is 4.19. The number of rotatable bonds is 5. The van der Waals surface area contributed by atoms with Crippen molar-refractivity contribution in [1.29, 1.82) is 0 Å². The molecule has 1 aliphatic carbocycles. The maximum atomic E-state index is 12.7. The first-order chi connectivity index (χ1) is 15.0. The summed E-state index contributed by atoms with van der Waals surface area (Å²) in [5.41, 5.74) is 1.09. The van der Waals surface area contributed by atoms with Crippen LogP contribution in [-0.4, -0.2) is 36.3 Å². The maximum absolute atomic E-state index is 12.7. The SMILES string of the molecule is C[C@@H]1CCCC[C@@H]1NC(=O)COC(=O)c1cccc(N2C(=O)c3ccccc3C2=O)c1. The van der Waals surface area contributed by atoms with Gasteiger partial charge in [-0.1, -0.05) is 38.0 Å². The summed E-state index contributed by atoms with van der Waals surface area (Å²) in [5, 5.41) is 2.94. The van der Waals surface area contributed by atoms with Crippen LogP contribution < -0.4 is 10.2 Å². The molecule has 160 valence electrons. The van der Waals surface area contributed by atoms with Crippen LogP contribution >= 0.6 is 0 Å². The van der Waals surface area contributed by atoms with Crippen LogP contribution in [0.5, 0.6) is 0 Å². The van der Waals surface area contributed by atoms with Gasteiger partial charge in [-0.25, -0.2) is 9.69 Å². The molecule has 1 saturated carbocycles. The van der Waals surface area contributed by atoms with E-state index in [0.717, 1.165) is 24.2 Å². The van der Waals surface area contributed by atoms with Gasteiger partial charge in [0.2, 0.25) is 0 Å². The van der Waals surface area contributed by atoms with Crippen molar-refractivity contribution in [3.05, 3.63) is 65.2 Å². The Balaban J connectivity index is 1.40. The first-order valence-corrected chi connectivity index (χ1v) is 10.5. The van der Waals surface area contributed by atoms with Crippen molar-refractivity contribution >= 4 is 29.4 Å². The molecule has 0 spiro atoms. The van der Waals surface area contributed by atoms with Crippen LogP contribution in [0, 0.1) is 5.92 Å². The number of ether oxygens (including phenoxy) is 1. The van der Waals surface area contributed by atoms with E-state index >= 15 is 0 Å². The Bertz CT molecular complexity index is 1010. The molecule has 0 aromatic heterocycles. The maximum Gasteiger partial charge on any atom is 0.338 e. The Morgan fingerprint density at radius 1 is 1.00 bits per heavy atom. The van der Waals surface area contributed by atoms with Gasteiger partial charge in [-0.2, -0.15) is 0 Å². The van der Waals surface area contributed by atoms with Crippen molar-refractivity contribution in [3.8, 4) is 0 Å². The molecule has 1 fully saturated rings. The molecular weight excluding hydrogens is 396 g/mol. The summed E-state index contributed by atoms with van der Waals surface area (Å²) in [6.07, 6.45) is 4.27. The van der Waals surface area contributed by atoms with Gasteiger partial charge in [0.05, 0.1) is 22.4 Å². The molecule has 3 amide bonds. The van der Waals surface area contributed by atoms with E-state index in [0.29, 0.717) is 17.0 Å². The zero-order valence-corrected chi connectivity index (χ0v) is 17.3. The normalized spacial score (nSPS) is 20.4. The van der Waals surface area contributed by atoms with E-state index in [1.165, 1.54) is 18.6 Å². The van der Waals surface area contributed by atoms with Crippen LogP contribution in [0.4, 0.5) is 5.69 Å². The van der Waals surface area contributed by atoms with Crippen LogP contribution in [0.1, 0.15) is 63.7 Å². The van der Waals surface area contributed by atoms with E-state index in [-0.39, 0.29) is 29.8 Å². The number of carbonyl (C=O) groups is 4. The van der Waals surface area contributed by atoms with Crippen molar-refractivity contribution in [2.45, 2.75) is 38.6 Å². The second-order valence-corrected chi connectivity index (χ2v) is 8.05. The number of imide groups is 1. The average Bonchev–Trinajstić information content (AvgIpc) is 3.04. The van der Waals surface area contributed by atoms with E-state index in [1.807, 2.05) is 0 Å². The van der Waals surface area contributed by atoms with Gasteiger partial charge in [-0.05, 0) is 49.1 Å². The minimum atomic E-state index is -0.690. The highest BCUT2D eigenvalue weighted by molar-refractivity contribution is 6.34. The van der Waals surface area contributed by atoms with Gasteiger partial charge in [0.1, 0.15) is 0 Å². The molecule has 2 aromatic carbocycles. The molecule has 0 bridgehead atoms. The highest BCUT2D eigenvalue weighted by atomic mass is 16.5. The number of benzene rings is 2. The van der Waals surface area contributed by atoms with Gasteiger partial charge in [-0.15, -0.1) is 0 Å². The number of carbonyl (C=O) groups excluding carboxylic acids is 4. The lowest BCUT2D eigenvalue weighted by Gasteiger charge is -2.29. The largest absolute Gasteiger partial charge is 0.452 e. The van der Waals surface area contributed by atoms with Gasteiger partial charge in [0.25, 0.3) is 17.7 Å². The van der Waals surface area contributed by atoms with Crippen molar-refractivity contribution in [2.24, 2.45) is 5.92 Å². The summed E-state index contributed by atoms with van der Waals surface area (Å²) in [4.78, 5) is 51.0. The summed E-state index contributed by atoms with van der Waals surface area (Å²) < 4.78 is 5.16. The zero-order valence-electron chi connectivity index (χ0n) is 17.3. The molecule has 1 heterocycles. The minimum absolute atomic E-state index is 0.108. The van der Waals surface area contributed by atoms with Crippen molar-refractivity contribution in [1.82, 2.24) is 5.32 Å². The van der Waals surface area contributed by atoms with Crippen molar-refractivity contribution in [2.75, 3.05) is 11.5 Å². The molecule has 4 rings (SSSR count). The number of hydrogen-bond acceptors (Lipinski definition) is 5. The number of esters is 1. The Hall–Kier alpha value is -3.48. The van der Waals surface area contributed by atoms with Gasteiger partial charge < -0.3 is 10.1 Å². The first-order valence-electron chi connectivity index (χ1n) is 10.5. The third-order valence-corrected chi connectivity index (χ3v) is 5.93. The van der Waals surface area contributed by atoms with E-state index in [2.05, 4.69) is 12.2 Å². The van der Waals surface area contributed by atoms with Gasteiger partial charge in [0.15, 0.2) is 6.61 Å². The summed E-state index contributed by atoms with van der Waals surface area (Å²) >= 11 is 0. The summed E-state index contributed by atoms with van der Waals surface area (Å²) in [6, 6.07) is 12.8. The molecule has 0 saturated heterocycles. The molecule has 7 nitrogen and oxygen atoms in total. The second kappa shape index (κ2) is 8.71. The van der Waals surface area contributed by atoms with Crippen LogP contribution in [0.25, 0.3) is 0 Å². The number of anilines is 1. The van der Waals surface area contributed by atoms with Crippen LogP contribution in [-0.2, 0) is 9.53 Å². The lowest BCUT2D eigenvalue weighted by Crippen LogP contribution is -2.42. The Morgan fingerprint density at radius 2 is 1.68 bits per heavy atom. The second-order valence-electron chi connectivity index (χ2n) is 8.05. The predicted octanol–water partition coefficient (Wildman–Crippen LogP) is 3.34. The molecule has 1 aliphatic heterocycles. The lowest BCUT2D eigenvalue weighted by molar-refractivity contribution is -0.125. The lowest BCUT2D eigenvalue weighted by atomic mass is 9.86. The molecule has 31 heavy (non-hydrogen) atoms. The molecule has 2 aromatic rings. The topological polar surface area (TPSA) is 92.8 Å². The molecule has 7 heteroatoms. The Morgan fingerprint density at radius 3 is 2.35 bits per heavy atom. The average molecular weight is 420 g/mol. The van der Waals surface area contributed by atoms with Crippen LogP contribution in [0.3, 0.4) is 0 Å². The molecule has 2 atom stereocenters. The summed E-state index contributed by atoms with van der Waals surface area (Å²) in [5.74, 6) is -1.49. The van der Waals surface area contributed by atoms with Crippen molar-refractivity contribution in [3.63, 3.8) is 0 Å². The summed E-state index contributed by atoms with van der Waals surface area (Å²) in [7, 11) is 0. The van der Waals surface area contributed by atoms with Crippen molar-refractivity contribution < 1.29 is 23.9 Å². The zero-order chi connectivity index (χ0) is 22.0. The van der Waals surface area contributed by atoms with E-state index in [9.17, 15) is 19.2 Å². The molecular formula is C24H24N2O5. The Kier molecular flexibility index (Phi) is 5.84. The number of nitrogens with zero attached hydrogens (tertiary/aromatic N) is 1. The highest BCUT2D eigenvalue weighted by Crippen LogP contribution is 2.29. The first kappa shape index (κ1) is 20.8. The van der Waals surface area contributed by atoms with Crippen LogP contribution in [0.2, 0.25) is 0 Å². The monoisotopic (exact) mass is 420 g/mol. The molecule has 1 N–H and O–H groups in total. The standard InChI is InChI=1S/C24H24N2O5/c1-15-7-2-5-12-20(15)25-21(27)14-31-24(30)16-8-6-9-17(13-16)26-22(28)18-10-3-4-11-19(18)23(26)29/h3-4,6,8-11,13,15,20H,2,5,7,12,14H2,1H3,(H,25,27)/t15-,20+/m1/s1. The van der Waals surface area contributed by atoms with E-state index in [4.69, 9.17) is 4.74 Å². The molecule has 0 radical (unpaired) electrons. The van der Waals surface area contributed by atoms with Gasteiger partial charge >= 0.3 is 5.97 Å². The van der Waals surface area contributed by atoms with Gasteiger partial charge in [0, 0.05) is 6.04 Å². The van der Waals surface area contributed by atoms with Crippen LogP contribution in [0.15, 0.2) is 48.5 Å². The number of amides is 3. The predicted molar refractivity (Wildman–Crippen MR) is 114 cm³/mol. The highest BCUT2D eigenvalue weighted by Gasteiger charge is 2.36. The number of fused-ring (bicyclic) bond motifs is 1. The van der Waals surface area contributed by atoms with E-state index in [1.54, 1.807) is 36.4 Å². The summed E-state index contributed by atoms with van der Waals surface area (Å²) in [6.45, 7) is 1.74. The Labute approximate surface area is 180 Å². The smallest absolute Gasteiger partial charge is 0.338 e. The fourth-order valence-electron chi connectivity index (χ4n) is 4.19. The molecule has 0 unspecified atom stereocenters. The number of hydrogen-bond donors (Lipinski definition) is 1. The molecule has 2 aliphatic rings. The third-order valence-electron chi connectivity index (χ3n) is 5.93. The minimum Gasteiger partial charge on any atom is -0.452 e. The van der Waals surface area contributed by atoms with Gasteiger partial charge in [-0.3, -0.25) is 14.4 Å².